The molecular weight excluding hydrogens is 258 g/mol. The minimum absolute atomic E-state index is 0.0177. The van der Waals surface area contributed by atoms with Gasteiger partial charge >= 0.3 is 5.97 Å². The predicted octanol–water partition coefficient (Wildman–Crippen LogP) is 2.88. The van der Waals surface area contributed by atoms with Crippen molar-refractivity contribution in [1.82, 2.24) is 4.90 Å². The minimum atomic E-state index is -1.08. The van der Waals surface area contributed by atoms with E-state index in [1.165, 1.54) is 6.07 Å². The van der Waals surface area contributed by atoms with E-state index in [-0.39, 0.29) is 17.2 Å². The molecule has 5 nitrogen and oxygen atoms in total. The maximum Gasteiger partial charge on any atom is 0.338 e. The van der Waals surface area contributed by atoms with Crippen molar-refractivity contribution in [2.24, 2.45) is 11.8 Å². The lowest BCUT2D eigenvalue weighted by molar-refractivity contribution is 0.0695. The Morgan fingerprint density at radius 2 is 2.15 bits per heavy atom. The summed E-state index contributed by atoms with van der Waals surface area (Å²) in [6, 6.07) is 1.30. The van der Waals surface area contributed by atoms with E-state index in [1.807, 2.05) is 0 Å². The third kappa shape index (κ3) is 2.86. The molecule has 0 aromatic carbocycles. The van der Waals surface area contributed by atoms with Gasteiger partial charge in [0.05, 0.1) is 5.56 Å². The highest BCUT2D eigenvalue weighted by atomic mass is 16.4. The molecule has 1 aromatic heterocycles. The predicted molar refractivity (Wildman–Crippen MR) is 73.7 cm³/mol. The van der Waals surface area contributed by atoms with Gasteiger partial charge in [-0.2, -0.15) is 0 Å². The smallest absolute Gasteiger partial charge is 0.338 e. The minimum Gasteiger partial charge on any atom is -0.478 e. The van der Waals surface area contributed by atoms with Crippen LogP contribution in [0.1, 0.15) is 54.0 Å². The van der Waals surface area contributed by atoms with E-state index in [0.29, 0.717) is 11.8 Å². The average molecular weight is 279 g/mol. The molecule has 1 N–H and O–H groups in total. The van der Waals surface area contributed by atoms with Crippen molar-refractivity contribution in [3.8, 4) is 0 Å². The second kappa shape index (κ2) is 6.11. The van der Waals surface area contributed by atoms with Crippen molar-refractivity contribution in [1.29, 1.82) is 0 Å². The van der Waals surface area contributed by atoms with Gasteiger partial charge in [-0.25, -0.2) is 4.79 Å². The van der Waals surface area contributed by atoms with Gasteiger partial charge in [-0.3, -0.25) is 4.79 Å². The molecule has 20 heavy (non-hydrogen) atoms. The van der Waals surface area contributed by atoms with Gasteiger partial charge in [0, 0.05) is 19.2 Å². The Kier molecular flexibility index (Phi) is 4.47. The lowest BCUT2D eigenvalue weighted by Gasteiger charge is -2.21. The van der Waals surface area contributed by atoms with Crippen molar-refractivity contribution < 1.29 is 19.1 Å². The Bertz CT molecular complexity index is 490. The quantitative estimate of drug-likeness (QED) is 0.899. The molecule has 2 rings (SSSR count). The number of hydrogen-bond acceptors (Lipinski definition) is 3. The first kappa shape index (κ1) is 14.6. The van der Waals surface area contributed by atoms with Gasteiger partial charge in [-0.05, 0) is 18.3 Å². The summed E-state index contributed by atoms with van der Waals surface area (Å²) in [5.74, 6) is 0.0320. The Hall–Kier alpha value is -1.78. The van der Waals surface area contributed by atoms with Crippen LogP contribution in [-0.4, -0.2) is 35.0 Å². The highest BCUT2D eigenvalue weighted by molar-refractivity contribution is 5.95. The molecular formula is C15H21NO4. The van der Waals surface area contributed by atoms with Crippen molar-refractivity contribution in [2.45, 2.75) is 33.1 Å². The maximum atomic E-state index is 12.3. The van der Waals surface area contributed by atoms with Crippen molar-refractivity contribution in [3.05, 3.63) is 23.7 Å². The highest BCUT2D eigenvalue weighted by Crippen LogP contribution is 2.29. The lowest BCUT2D eigenvalue weighted by Crippen LogP contribution is -2.29. The van der Waals surface area contributed by atoms with Gasteiger partial charge in [-0.1, -0.05) is 26.7 Å². The van der Waals surface area contributed by atoms with Gasteiger partial charge in [0.2, 0.25) is 0 Å². The first-order chi connectivity index (χ1) is 9.56. The molecule has 1 saturated heterocycles. The summed E-state index contributed by atoms with van der Waals surface area (Å²) in [6.45, 7) is 5.84. The summed E-state index contributed by atoms with van der Waals surface area (Å²) in [4.78, 5) is 24.8. The van der Waals surface area contributed by atoms with Gasteiger partial charge in [0.15, 0.2) is 5.76 Å². The van der Waals surface area contributed by atoms with E-state index in [1.54, 1.807) is 4.90 Å². The Labute approximate surface area is 118 Å². The van der Waals surface area contributed by atoms with Crippen LogP contribution in [0.2, 0.25) is 0 Å². The summed E-state index contributed by atoms with van der Waals surface area (Å²) >= 11 is 0. The van der Waals surface area contributed by atoms with Crippen molar-refractivity contribution in [3.63, 3.8) is 0 Å². The van der Waals surface area contributed by atoms with Crippen molar-refractivity contribution in [2.75, 3.05) is 13.1 Å². The topological polar surface area (TPSA) is 70.8 Å². The summed E-state index contributed by atoms with van der Waals surface area (Å²) in [6.07, 6.45) is 4.40. The van der Waals surface area contributed by atoms with Crippen LogP contribution in [0.15, 0.2) is 16.7 Å². The molecule has 1 aliphatic heterocycles. The van der Waals surface area contributed by atoms with E-state index >= 15 is 0 Å². The van der Waals surface area contributed by atoms with E-state index < -0.39 is 5.97 Å². The first-order valence-electron chi connectivity index (χ1n) is 7.17. The number of carbonyl (C=O) groups is 2. The molecule has 1 aliphatic rings. The fraction of sp³-hybridized carbons (Fsp3) is 0.600. The SMILES string of the molecule is CCC(CC)[C@H]1CCN(C(=O)c2cc(C(=O)O)co2)C1. The number of aromatic carboxylic acids is 1. The summed E-state index contributed by atoms with van der Waals surface area (Å²) in [7, 11) is 0. The molecule has 5 heteroatoms. The first-order valence-corrected chi connectivity index (χ1v) is 7.17. The molecule has 0 saturated carbocycles. The van der Waals surface area contributed by atoms with Crippen LogP contribution in [0.3, 0.4) is 0 Å². The van der Waals surface area contributed by atoms with Gasteiger partial charge < -0.3 is 14.4 Å². The monoisotopic (exact) mass is 279 g/mol. The summed E-state index contributed by atoms with van der Waals surface area (Å²) < 4.78 is 5.08. The number of amides is 1. The van der Waals surface area contributed by atoms with Crippen LogP contribution in [-0.2, 0) is 0 Å². The molecule has 1 aromatic rings. The molecule has 2 heterocycles. The van der Waals surface area contributed by atoms with Crippen molar-refractivity contribution >= 4 is 11.9 Å². The summed E-state index contributed by atoms with van der Waals surface area (Å²) in [5, 5.41) is 8.84. The van der Waals surface area contributed by atoms with Crippen LogP contribution < -0.4 is 0 Å². The van der Waals surface area contributed by atoms with E-state index in [2.05, 4.69) is 13.8 Å². The van der Waals surface area contributed by atoms with Crippen LogP contribution in [0.4, 0.5) is 0 Å². The summed E-state index contributed by atoms with van der Waals surface area (Å²) in [5.41, 5.74) is 0.0177. The zero-order valence-electron chi connectivity index (χ0n) is 12.0. The number of rotatable bonds is 5. The number of carboxylic acid groups (broad SMARTS) is 1. The number of hydrogen-bond donors (Lipinski definition) is 1. The molecule has 0 unspecified atom stereocenters. The maximum absolute atomic E-state index is 12.3. The average Bonchev–Trinajstić information content (AvgIpc) is 3.09. The Morgan fingerprint density at radius 3 is 2.70 bits per heavy atom. The largest absolute Gasteiger partial charge is 0.478 e. The zero-order chi connectivity index (χ0) is 14.7. The van der Waals surface area contributed by atoms with Crippen LogP contribution in [0.25, 0.3) is 0 Å². The molecule has 0 aliphatic carbocycles. The molecule has 0 radical (unpaired) electrons. The third-order valence-electron chi connectivity index (χ3n) is 4.28. The van der Waals surface area contributed by atoms with Gasteiger partial charge in [0.25, 0.3) is 5.91 Å². The number of nitrogens with zero attached hydrogens (tertiary/aromatic N) is 1. The molecule has 0 spiro atoms. The second-order valence-corrected chi connectivity index (χ2v) is 5.38. The molecule has 1 fully saturated rings. The van der Waals surface area contributed by atoms with E-state index in [9.17, 15) is 9.59 Å². The highest BCUT2D eigenvalue weighted by Gasteiger charge is 2.32. The number of carbonyl (C=O) groups excluding carboxylic acids is 1. The number of likely N-dealkylation sites (tertiary alicyclic amines) is 1. The second-order valence-electron chi connectivity index (χ2n) is 5.38. The fourth-order valence-electron chi connectivity index (χ4n) is 3.03. The van der Waals surface area contributed by atoms with Crippen LogP contribution in [0, 0.1) is 11.8 Å². The van der Waals surface area contributed by atoms with Gasteiger partial charge in [-0.15, -0.1) is 0 Å². The third-order valence-corrected chi connectivity index (χ3v) is 4.28. The Balaban J connectivity index is 2.02. The van der Waals surface area contributed by atoms with Gasteiger partial charge in [0.1, 0.15) is 6.26 Å². The van der Waals surface area contributed by atoms with E-state index in [0.717, 1.165) is 38.6 Å². The van der Waals surface area contributed by atoms with Crippen LogP contribution >= 0.6 is 0 Å². The fourth-order valence-corrected chi connectivity index (χ4v) is 3.03. The zero-order valence-corrected chi connectivity index (χ0v) is 12.0. The number of carboxylic acids is 1. The molecule has 110 valence electrons. The van der Waals surface area contributed by atoms with E-state index in [4.69, 9.17) is 9.52 Å². The normalized spacial score (nSPS) is 18.8. The lowest BCUT2D eigenvalue weighted by atomic mass is 9.87. The molecule has 0 bridgehead atoms. The Morgan fingerprint density at radius 1 is 1.45 bits per heavy atom. The standard InChI is InChI=1S/C15H21NO4/c1-3-10(4-2)11-5-6-16(8-11)14(17)13-7-12(9-20-13)15(18)19/h7,9-11H,3-6,8H2,1-2H3,(H,18,19)/t11-/m0/s1. The molecule has 1 amide bonds. The number of furan rings is 1. The molecule has 1 atom stereocenters. The van der Waals surface area contributed by atoms with Crippen LogP contribution in [0.5, 0.6) is 0 Å².